The van der Waals surface area contributed by atoms with E-state index in [0.717, 1.165) is 12.8 Å². The maximum absolute atomic E-state index is 11.3. The van der Waals surface area contributed by atoms with Gasteiger partial charge < -0.3 is 9.88 Å². The Balaban J connectivity index is 2.13. The van der Waals surface area contributed by atoms with E-state index in [1.807, 2.05) is 4.90 Å². The molecule has 1 aromatic rings. The molecular formula is C11H14ClN3O2. The number of hydrogen-bond acceptors (Lipinski definition) is 4. The van der Waals surface area contributed by atoms with Crippen LogP contribution in [0.1, 0.15) is 19.8 Å². The van der Waals surface area contributed by atoms with E-state index in [0.29, 0.717) is 18.9 Å². The van der Waals surface area contributed by atoms with Crippen LogP contribution in [0.4, 0.5) is 5.82 Å². The van der Waals surface area contributed by atoms with Gasteiger partial charge >= 0.3 is 0 Å². The summed E-state index contributed by atoms with van der Waals surface area (Å²) in [6.07, 6.45) is 2.93. The van der Waals surface area contributed by atoms with E-state index in [-0.39, 0.29) is 22.3 Å². The van der Waals surface area contributed by atoms with Crippen molar-refractivity contribution in [2.75, 3.05) is 18.0 Å². The number of ketones is 1. The van der Waals surface area contributed by atoms with Crippen LogP contribution in [0.2, 0.25) is 5.02 Å². The number of rotatable bonds is 2. The number of anilines is 1. The average molecular weight is 256 g/mol. The van der Waals surface area contributed by atoms with Crippen LogP contribution in [0.15, 0.2) is 11.1 Å². The van der Waals surface area contributed by atoms with Crippen molar-refractivity contribution >= 4 is 23.2 Å². The molecule has 0 saturated carbocycles. The van der Waals surface area contributed by atoms with Gasteiger partial charge in [0.25, 0.3) is 5.56 Å². The van der Waals surface area contributed by atoms with Crippen LogP contribution in [-0.2, 0) is 4.79 Å². The van der Waals surface area contributed by atoms with E-state index < -0.39 is 0 Å². The zero-order valence-electron chi connectivity index (χ0n) is 9.57. The molecule has 6 heteroatoms. The predicted octanol–water partition coefficient (Wildman–Crippen LogP) is 1.23. The van der Waals surface area contributed by atoms with Crippen LogP contribution in [-0.4, -0.2) is 28.8 Å². The summed E-state index contributed by atoms with van der Waals surface area (Å²) in [6.45, 7) is 3.04. The summed E-state index contributed by atoms with van der Waals surface area (Å²) in [6, 6.07) is 0. The van der Waals surface area contributed by atoms with E-state index >= 15 is 0 Å². The first-order valence-corrected chi connectivity index (χ1v) is 5.96. The predicted molar refractivity (Wildman–Crippen MR) is 65.5 cm³/mol. The highest BCUT2D eigenvalue weighted by atomic mass is 35.5. The molecule has 0 bridgehead atoms. The van der Waals surface area contributed by atoms with E-state index in [4.69, 9.17) is 11.6 Å². The van der Waals surface area contributed by atoms with Crippen LogP contribution in [0.5, 0.6) is 0 Å². The summed E-state index contributed by atoms with van der Waals surface area (Å²) >= 11 is 5.91. The highest BCUT2D eigenvalue weighted by Gasteiger charge is 2.24. The van der Waals surface area contributed by atoms with Crippen molar-refractivity contribution in [2.45, 2.75) is 19.8 Å². The highest BCUT2D eigenvalue weighted by molar-refractivity contribution is 6.32. The molecule has 0 unspecified atom stereocenters. The number of hydrogen-bond donors (Lipinski definition) is 1. The minimum absolute atomic E-state index is 0.119. The third kappa shape index (κ3) is 2.49. The second-order valence-corrected chi connectivity index (χ2v) is 4.62. The van der Waals surface area contributed by atoms with E-state index in [1.165, 1.54) is 6.33 Å². The highest BCUT2D eigenvalue weighted by Crippen LogP contribution is 2.25. The van der Waals surface area contributed by atoms with Crippen molar-refractivity contribution in [3.63, 3.8) is 0 Å². The number of Topliss-reactive ketones (excluding diaryl/α,β-unsaturated/α-hetero) is 1. The average Bonchev–Trinajstić information content (AvgIpc) is 2.33. The van der Waals surface area contributed by atoms with Crippen molar-refractivity contribution in [3.05, 3.63) is 21.7 Å². The van der Waals surface area contributed by atoms with E-state index in [2.05, 4.69) is 9.97 Å². The molecule has 2 heterocycles. The van der Waals surface area contributed by atoms with Crippen LogP contribution < -0.4 is 10.5 Å². The maximum atomic E-state index is 11.3. The Labute approximate surface area is 104 Å². The number of halogens is 1. The number of nitrogens with one attached hydrogen (secondary N) is 1. The van der Waals surface area contributed by atoms with Crippen LogP contribution in [0, 0.1) is 5.92 Å². The van der Waals surface area contributed by atoms with Gasteiger partial charge in [-0.2, -0.15) is 0 Å². The molecular weight excluding hydrogens is 242 g/mol. The fraction of sp³-hybridized carbons (Fsp3) is 0.545. The molecule has 0 spiro atoms. The third-order valence-corrected chi connectivity index (χ3v) is 3.49. The van der Waals surface area contributed by atoms with Gasteiger partial charge in [-0.15, -0.1) is 0 Å². The lowest BCUT2D eigenvalue weighted by Gasteiger charge is -2.31. The molecule has 1 aliphatic heterocycles. The molecule has 0 amide bonds. The largest absolute Gasteiger partial charge is 0.355 e. The number of aromatic amines is 1. The number of piperidine rings is 1. The molecule has 1 saturated heterocycles. The second-order valence-electron chi connectivity index (χ2n) is 4.24. The number of carbonyl (C=O) groups excluding carboxylic acids is 1. The molecule has 92 valence electrons. The summed E-state index contributed by atoms with van der Waals surface area (Å²) in [5, 5.41) is 0.119. The van der Waals surface area contributed by atoms with Crippen LogP contribution in [0.25, 0.3) is 0 Å². The third-order valence-electron chi connectivity index (χ3n) is 3.15. The quantitative estimate of drug-likeness (QED) is 0.863. The normalized spacial score (nSPS) is 17.2. The zero-order valence-corrected chi connectivity index (χ0v) is 10.3. The number of carbonyl (C=O) groups is 1. The summed E-state index contributed by atoms with van der Waals surface area (Å²) < 4.78 is 0. The first kappa shape index (κ1) is 12.1. The molecule has 2 rings (SSSR count). The molecule has 17 heavy (non-hydrogen) atoms. The van der Waals surface area contributed by atoms with Crippen molar-refractivity contribution < 1.29 is 4.79 Å². The molecule has 1 aliphatic rings. The fourth-order valence-corrected chi connectivity index (χ4v) is 2.31. The van der Waals surface area contributed by atoms with Gasteiger partial charge in [0.15, 0.2) is 5.82 Å². The lowest BCUT2D eigenvalue weighted by atomic mass is 9.93. The minimum Gasteiger partial charge on any atom is -0.355 e. The topological polar surface area (TPSA) is 66.1 Å². The number of nitrogens with zero attached hydrogens (tertiary/aromatic N) is 2. The lowest BCUT2D eigenvalue weighted by molar-refractivity contribution is -0.121. The first-order valence-electron chi connectivity index (χ1n) is 5.58. The van der Waals surface area contributed by atoms with E-state index in [9.17, 15) is 9.59 Å². The Morgan fingerprint density at radius 3 is 2.76 bits per heavy atom. The fourth-order valence-electron chi connectivity index (χ4n) is 2.09. The summed E-state index contributed by atoms with van der Waals surface area (Å²) in [7, 11) is 0. The van der Waals surface area contributed by atoms with Gasteiger partial charge in [-0.1, -0.05) is 11.6 Å². The van der Waals surface area contributed by atoms with Gasteiger partial charge in [0.1, 0.15) is 10.8 Å². The van der Waals surface area contributed by atoms with Gasteiger partial charge in [0.05, 0.1) is 6.33 Å². The van der Waals surface area contributed by atoms with Crippen LogP contribution in [0.3, 0.4) is 0 Å². The van der Waals surface area contributed by atoms with Crippen molar-refractivity contribution in [1.29, 1.82) is 0 Å². The Morgan fingerprint density at radius 1 is 1.53 bits per heavy atom. The Morgan fingerprint density at radius 2 is 2.18 bits per heavy atom. The van der Waals surface area contributed by atoms with Gasteiger partial charge in [-0.05, 0) is 19.8 Å². The van der Waals surface area contributed by atoms with Gasteiger partial charge in [0.2, 0.25) is 0 Å². The number of aromatic nitrogens is 2. The van der Waals surface area contributed by atoms with Gasteiger partial charge in [-0.3, -0.25) is 9.59 Å². The first-order chi connectivity index (χ1) is 8.09. The van der Waals surface area contributed by atoms with Crippen molar-refractivity contribution in [1.82, 2.24) is 9.97 Å². The summed E-state index contributed by atoms with van der Waals surface area (Å²) in [4.78, 5) is 31.1. The lowest BCUT2D eigenvalue weighted by Crippen LogP contribution is -2.37. The second kappa shape index (κ2) is 4.87. The maximum Gasteiger partial charge on any atom is 0.271 e. The molecule has 1 aromatic heterocycles. The Hall–Kier alpha value is -1.36. The molecule has 1 N–H and O–H groups in total. The standard InChI is InChI=1S/C11H14ClN3O2/c1-7(16)8-2-4-15(5-3-8)10-9(12)11(17)14-6-13-10/h6,8H,2-5H2,1H3,(H,13,14,17). The SMILES string of the molecule is CC(=O)C1CCN(c2nc[nH]c(=O)c2Cl)CC1. The summed E-state index contributed by atoms with van der Waals surface area (Å²) in [5.74, 6) is 0.874. The van der Waals surface area contributed by atoms with Crippen molar-refractivity contribution in [3.8, 4) is 0 Å². The van der Waals surface area contributed by atoms with Crippen LogP contribution >= 0.6 is 11.6 Å². The molecule has 1 fully saturated rings. The smallest absolute Gasteiger partial charge is 0.271 e. The van der Waals surface area contributed by atoms with E-state index in [1.54, 1.807) is 6.92 Å². The summed E-state index contributed by atoms with van der Waals surface area (Å²) in [5.41, 5.74) is -0.328. The van der Waals surface area contributed by atoms with Crippen molar-refractivity contribution in [2.24, 2.45) is 5.92 Å². The minimum atomic E-state index is -0.328. The molecule has 0 radical (unpaired) electrons. The number of H-pyrrole nitrogens is 1. The zero-order chi connectivity index (χ0) is 12.4. The van der Waals surface area contributed by atoms with Gasteiger partial charge in [0, 0.05) is 19.0 Å². The Kier molecular flexibility index (Phi) is 3.47. The molecule has 5 nitrogen and oxygen atoms in total. The monoisotopic (exact) mass is 255 g/mol. The molecule has 0 aromatic carbocycles. The molecule has 0 atom stereocenters. The van der Waals surface area contributed by atoms with Gasteiger partial charge in [-0.25, -0.2) is 4.98 Å². The molecule has 0 aliphatic carbocycles. The Bertz CT molecular complexity index is 478.